The van der Waals surface area contributed by atoms with Gasteiger partial charge in [-0.3, -0.25) is 4.90 Å². The molecular weight excluding hydrogens is 173 g/mol. The lowest BCUT2D eigenvalue weighted by Gasteiger charge is -2.30. The molecule has 2 saturated heterocycles. The average molecular weight is 189 g/mol. The van der Waals surface area contributed by atoms with Gasteiger partial charge >= 0.3 is 0 Å². The first-order chi connectivity index (χ1) is 5.77. The number of alkyl halides is 1. The van der Waals surface area contributed by atoms with Gasteiger partial charge in [0, 0.05) is 17.8 Å². The Morgan fingerprint density at radius 1 is 1.67 bits per heavy atom. The first-order valence-corrected chi connectivity index (χ1v) is 6.04. The van der Waals surface area contributed by atoms with Gasteiger partial charge in [-0.2, -0.15) is 11.8 Å². The summed E-state index contributed by atoms with van der Waals surface area (Å²) in [7, 11) is 0. The van der Waals surface area contributed by atoms with Gasteiger partial charge in [-0.25, -0.2) is 4.39 Å². The number of nitrogens with zero attached hydrogens (tertiary/aromatic N) is 1. The number of hydrogen-bond donors (Lipinski definition) is 0. The second-order valence-corrected chi connectivity index (χ2v) is 4.87. The fraction of sp³-hybridized carbons (Fsp3) is 1.00. The van der Waals surface area contributed by atoms with E-state index in [0.717, 1.165) is 18.7 Å². The first-order valence-electron chi connectivity index (χ1n) is 4.65. The number of thioether (sulfide) groups is 1. The van der Waals surface area contributed by atoms with Gasteiger partial charge in [0.05, 0.1) is 0 Å². The van der Waals surface area contributed by atoms with E-state index in [9.17, 15) is 4.39 Å². The molecule has 2 unspecified atom stereocenters. The fourth-order valence-corrected chi connectivity index (χ4v) is 3.70. The fourth-order valence-electron chi connectivity index (χ4n) is 2.72. The highest BCUT2D eigenvalue weighted by Crippen LogP contribution is 2.41. The molecule has 0 N–H and O–H groups in total. The van der Waals surface area contributed by atoms with Crippen LogP contribution in [-0.4, -0.2) is 41.7 Å². The smallest absolute Gasteiger partial charge is 0.115 e. The third kappa shape index (κ3) is 1.27. The Hall–Kier alpha value is 0.240. The highest BCUT2D eigenvalue weighted by molar-refractivity contribution is 7.98. The third-order valence-corrected chi connectivity index (χ3v) is 4.00. The van der Waals surface area contributed by atoms with Crippen molar-refractivity contribution in [3.05, 3.63) is 0 Å². The molecule has 0 aromatic carbocycles. The minimum atomic E-state index is -0.558. The van der Waals surface area contributed by atoms with Gasteiger partial charge in [-0.15, -0.1) is 0 Å². The van der Waals surface area contributed by atoms with Crippen LogP contribution in [0.3, 0.4) is 0 Å². The molecule has 2 fully saturated rings. The molecule has 0 saturated carbocycles. The molecule has 0 bridgehead atoms. The minimum absolute atomic E-state index is 0.249. The normalized spacial score (nSPS) is 42.0. The van der Waals surface area contributed by atoms with Gasteiger partial charge in [0.15, 0.2) is 0 Å². The predicted molar refractivity (Wildman–Crippen MR) is 51.4 cm³/mol. The van der Waals surface area contributed by atoms with E-state index in [2.05, 4.69) is 11.2 Å². The van der Waals surface area contributed by atoms with Crippen LogP contribution in [0.5, 0.6) is 0 Å². The van der Waals surface area contributed by atoms with Crippen molar-refractivity contribution in [3.63, 3.8) is 0 Å². The van der Waals surface area contributed by atoms with Crippen LogP contribution in [0.25, 0.3) is 0 Å². The van der Waals surface area contributed by atoms with E-state index in [4.69, 9.17) is 0 Å². The van der Waals surface area contributed by atoms with Gasteiger partial charge in [0.1, 0.15) is 6.17 Å². The minimum Gasteiger partial charge on any atom is -0.294 e. The molecule has 70 valence electrons. The van der Waals surface area contributed by atoms with Crippen molar-refractivity contribution in [2.75, 3.05) is 25.1 Å². The predicted octanol–water partition coefficient (Wildman–Crippen LogP) is 1.93. The molecule has 0 amide bonds. The zero-order valence-corrected chi connectivity index (χ0v) is 8.37. The molecule has 3 heteroatoms. The van der Waals surface area contributed by atoms with Crippen molar-refractivity contribution in [3.8, 4) is 0 Å². The van der Waals surface area contributed by atoms with Crippen molar-refractivity contribution in [1.82, 2.24) is 4.90 Å². The Kier molecular flexibility index (Phi) is 2.34. The van der Waals surface area contributed by atoms with E-state index in [1.807, 2.05) is 11.8 Å². The number of fused-ring (bicyclic) bond motifs is 1. The Morgan fingerprint density at radius 3 is 3.25 bits per heavy atom. The number of rotatable bonds is 2. The average Bonchev–Trinajstić information content (AvgIpc) is 2.44. The Labute approximate surface area is 77.7 Å². The van der Waals surface area contributed by atoms with Gasteiger partial charge < -0.3 is 0 Å². The van der Waals surface area contributed by atoms with Crippen LogP contribution in [0.4, 0.5) is 4.39 Å². The molecule has 2 heterocycles. The van der Waals surface area contributed by atoms with Gasteiger partial charge in [-0.1, -0.05) is 0 Å². The van der Waals surface area contributed by atoms with E-state index in [-0.39, 0.29) is 5.54 Å². The van der Waals surface area contributed by atoms with Crippen LogP contribution in [0.1, 0.15) is 19.3 Å². The lowest BCUT2D eigenvalue weighted by molar-refractivity contribution is 0.222. The number of halogens is 1. The Morgan fingerprint density at radius 2 is 2.50 bits per heavy atom. The maximum atomic E-state index is 13.2. The first kappa shape index (κ1) is 8.82. The molecule has 0 aliphatic carbocycles. The van der Waals surface area contributed by atoms with Crippen LogP contribution in [0.15, 0.2) is 0 Å². The van der Waals surface area contributed by atoms with Crippen molar-refractivity contribution < 1.29 is 4.39 Å². The van der Waals surface area contributed by atoms with Crippen molar-refractivity contribution in [2.24, 2.45) is 0 Å². The zero-order chi connectivity index (χ0) is 8.60. The van der Waals surface area contributed by atoms with E-state index in [1.54, 1.807) is 0 Å². The summed E-state index contributed by atoms with van der Waals surface area (Å²) in [6.45, 7) is 1.82. The standard InChI is InChI=1S/C9H16FNS/c1-12-7-9-3-2-4-11(9)6-8(10)5-9/h8H,2-7H2,1H3. The molecule has 12 heavy (non-hydrogen) atoms. The second-order valence-electron chi connectivity index (χ2n) is 4.01. The molecule has 2 aliphatic heterocycles. The second kappa shape index (κ2) is 3.18. The zero-order valence-electron chi connectivity index (χ0n) is 7.55. The summed E-state index contributed by atoms with van der Waals surface area (Å²) < 4.78 is 13.2. The quantitative estimate of drug-likeness (QED) is 0.653. The highest BCUT2D eigenvalue weighted by atomic mass is 32.2. The van der Waals surface area contributed by atoms with Crippen LogP contribution in [0, 0.1) is 0 Å². The van der Waals surface area contributed by atoms with E-state index < -0.39 is 6.17 Å². The maximum absolute atomic E-state index is 13.2. The Balaban J connectivity index is 2.09. The molecule has 2 rings (SSSR count). The largest absolute Gasteiger partial charge is 0.294 e. The maximum Gasteiger partial charge on any atom is 0.115 e. The van der Waals surface area contributed by atoms with Gasteiger partial charge in [-0.05, 0) is 32.1 Å². The van der Waals surface area contributed by atoms with E-state index >= 15 is 0 Å². The van der Waals surface area contributed by atoms with E-state index in [0.29, 0.717) is 6.54 Å². The molecule has 0 radical (unpaired) electrons. The van der Waals surface area contributed by atoms with Crippen LogP contribution in [0.2, 0.25) is 0 Å². The summed E-state index contributed by atoms with van der Waals surface area (Å²) in [4.78, 5) is 2.37. The Bertz CT molecular complexity index is 176. The molecule has 0 aromatic heterocycles. The molecule has 0 aromatic rings. The molecule has 2 atom stereocenters. The summed E-state index contributed by atoms with van der Waals surface area (Å²) in [5, 5.41) is 0. The molecular formula is C9H16FNS. The summed E-state index contributed by atoms with van der Waals surface area (Å²) in [5.74, 6) is 1.12. The van der Waals surface area contributed by atoms with Gasteiger partial charge in [0.25, 0.3) is 0 Å². The van der Waals surface area contributed by atoms with Crippen LogP contribution >= 0.6 is 11.8 Å². The lowest BCUT2D eigenvalue weighted by Crippen LogP contribution is -2.40. The van der Waals surface area contributed by atoms with Crippen LogP contribution < -0.4 is 0 Å². The summed E-state index contributed by atoms with van der Waals surface area (Å²) in [6.07, 6.45) is 4.84. The van der Waals surface area contributed by atoms with Crippen molar-refractivity contribution in [1.29, 1.82) is 0 Å². The lowest BCUT2D eigenvalue weighted by atomic mass is 9.96. The van der Waals surface area contributed by atoms with Crippen molar-refractivity contribution >= 4 is 11.8 Å². The number of hydrogen-bond acceptors (Lipinski definition) is 2. The summed E-state index contributed by atoms with van der Waals surface area (Å²) in [5.41, 5.74) is 0.249. The summed E-state index contributed by atoms with van der Waals surface area (Å²) in [6, 6.07) is 0. The van der Waals surface area contributed by atoms with Crippen LogP contribution in [-0.2, 0) is 0 Å². The summed E-state index contributed by atoms with van der Waals surface area (Å²) >= 11 is 1.86. The van der Waals surface area contributed by atoms with Gasteiger partial charge in [0.2, 0.25) is 0 Å². The van der Waals surface area contributed by atoms with E-state index in [1.165, 1.54) is 12.8 Å². The monoisotopic (exact) mass is 189 g/mol. The SMILES string of the molecule is CSCC12CCCN1CC(F)C2. The third-order valence-electron chi connectivity index (χ3n) is 3.17. The van der Waals surface area contributed by atoms with Crippen molar-refractivity contribution in [2.45, 2.75) is 31.0 Å². The highest BCUT2D eigenvalue weighted by Gasteiger charge is 2.47. The molecule has 0 spiro atoms. The molecule has 2 aliphatic rings. The molecule has 1 nitrogen and oxygen atoms in total. The topological polar surface area (TPSA) is 3.24 Å².